The van der Waals surface area contributed by atoms with Crippen molar-refractivity contribution in [3.05, 3.63) is 34.1 Å². The van der Waals surface area contributed by atoms with E-state index in [2.05, 4.69) is 15.9 Å². The van der Waals surface area contributed by atoms with Gasteiger partial charge in [0.2, 0.25) is 0 Å². The molecule has 0 fully saturated rings. The van der Waals surface area contributed by atoms with Gasteiger partial charge in [-0.05, 0) is 17.7 Å². The van der Waals surface area contributed by atoms with Gasteiger partial charge >= 0.3 is 12.1 Å². The Balaban J connectivity index is 3.17. The lowest BCUT2D eigenvalue weighted by Gasteiger charge is -2.26. The zero-order valence-electron chi connectivity index (χ0n) is 8.03. The van der Waals surface area contributed by atoms with Crippen LogP contribution >= 0.6 is 15.9 Å². The van der Waals surface area contributed by atoms with Crippen LogP contribution in [0, 0.1) is 5.82 Å². The number of nitrogens with two attached hydrogens (primary N) is 1. The van der Waals surface area contributed by atoms with Gasteiger partial charge in [-0.25, -0.2) is 4.39 Å². The monoisotopic (exact) mass is 321 g/mol. The van der Waals surface area contributed by atoms with Crippen molar-refractivity contribution < 1.29 is 26.3 Å². The lowest BCUT2D eigenvalue weighted by atomic mass is 10.0. The summed E-state index contributed by atoms with van der Waals surface area (Å²) in [5.41, 5.74) is 4.37. The molecular weight excluding hydrogens is 316 g/mol. The lowest BCUT2D eigenvalue weighted by molar-refractivity contribution is -0.291. The molecule has 1 aromatic rings. The smallest absolute Gasteiger partial charge is 0.319 e. The topological polar surface area (TPSA) is 26.0 Å². The van der Waals surface area contributed by atoms with Crippen molar-refractivity contribution in [1.82, 2.24) is 0 Å². The first kappa shape index (κ1) is 14.3. The van der Waals surface area contributed by atoms with Crippen LogP contribution < -0.4 is 5.73 Å². The standard InChI is InChI=1S/C9H6BrF6N/c10-6-3-4(11)1-2-5(6)7(17)8(12,13)9(14,15)16/h1-3,7H,17H2/t7-/m0/s1. The van der Waals surface area contributed by atoms with Crippen molar-refractivity contribution >= 4 is 15.9 Å². The second-order valence-electron chi connectivity index (χ2n) is 3.26. The van der Waals surface area contributed by atoms with Crippen LogP contribution in [-0.4, -0.2) is 12.1 Å². The zero-order valence-corrected chi connectivity index (χ0v) is 9.62. The number of benzene rings is 1. The molecule has 1 aromatic carbocycles. The minimum absolute atomic E-state index is 0.242. The molecule has 1 rings (SSSR count). The second-order valence-corrected chi connectivity index (χ2v) is 4.12. The molecule has 0 saturated carbocycles. The third kappa shape index (κ3) is 2.74. The van der Waals surface area contributed by atoms with E-state index in [1.165, 1.54) is 0 Å². The van der Waals surface area contributed by atoms with Crippen molar-refractivity contribution in [2.75, 3.05) is 0 Å². The van der Waals surface area contributed by atoms with Crippen LogP contribution in [0.15, 0.2) is 22.7 Å². The van der Waals surface area contributed by atoms with Gasteiger partial charge in [0, 0.05) is 4.47 Å². The van der Waals surface area contributed by atoms with Crippen LogP contribution in [0.3, 0.4) is 0 Å². The third-order valence-electron chi connectivity index (χ3n) is 2.07. The van der Waals surface area contributed by atoms with Gasteiger partial charge in [0.1, 0.15) is 11.9 Å². The molecule has 0 aliphatic carbocycles. The first-order chi connectivity index (χ1) is 7.57. The predicted molar refractivity (Wildman–Crippen MR) is 52.0 cm³/mol. The molecule has 0 saturated heterocycles. The van der Waals surface area contributed by atoms with Gasteiger partial charge in [-0.2, -0.15) is 22.0 Å². The Bertz CT molecular complexity index is 416. The van der Waals surface area contributed by atoms with Gasteiger partial charge in [0.25, 0.3) is 0 Å². The van der Waals surface area contributed by atoms with Crippen molar-refractivity contribution in [3.63, 3.8) is 0 Å². The highest BCUT2D eigenvalue weighted by molar-refractivity contribution is 9.10. The van der Waals surface area contributed by atoms with E-state index in [9.17, 15) is 26.3 Å². The van der Waals surface area contributed by atoms with E-state index in [-0.39, 0.29) is 4.47 Å². The highest BCUT2D eigenvalue weighted by Gasteiger charge is 2.61. The molecule has 0 unspecified atom stereocenters. The molecule has 0 aromatic heterocycles. The van der Waals surface area contributed by atoms with E-state index < -0.39 is 29.5 Å². The second kappa shape index (κ2) is 4.49. The van der Waals surface area contributed by atoms with E-state index in [1.807, 2.05) is 0 Å². The molecule has 8 heteroatoms. The van der Waals surface area contributed by atoms with Crippen LogP contribution in [0.4, 0.5) is 26.3 Å². The van der Waals surface area contributed by atoms with Gasteiger partial charge in [-0.15, -0.1) is 0 Å². The summed E-state index contributed by atoms with van der Waals surface area (Å²) >= 11 is 2.69. The minimum atomic E-state index is -5.76. The Morgan fingerprint density at radius 2 is 1.65 bits per heavy atom. The van der Waals surface area contributed by atoms with Crippen molar-refractivity contribution in [2.24, 2.45) is 5.73 Å². The Morgan fingerprint density at radius 1 is 1.12 bits per heavy atom. The molecular formula is C9H6BrF6N. The van der Waals surface area contributed by atoms with Crippen molar-refractivity contribution in [3.8, 4) is 0 Å². The van der Waals surface area contributed by atoms with Gasteiger partial charge in [-0.3, -0.25) is 0 Å². The van der Waals surface area contributed by atoms with Crippen LogP contribution in [-0.2, 0) is 0 Å². The molecule has 1 nitrogen and oxygen atoms in total. The van der Waals surface area contributed by atoms with Crippen LogP contribution in [0.2, 0.25) is 0 Å². The molecule has 0 heterocycles. The molecule has 96 valence electrons. The third-order valence-corrected chi connectivity index (χ3v) is 2.75. The first-order valence-electron chi connectivity index (χ1n) is 4.22. The Kier molecular flexibility index (Phi) is 3.78. The van der Waals surface area contributed by atoms with E-state index in [4.69, 9.17) is 5.73 Å². The van der Waals surface area contributed by atoms with Crippen LogP contribution in [0.5, 0.6) is 0 Å². The fourth-order valence-corrected chi connectivity index (χ4v) is 1.72. The number of halogens is 7. The summed E-state index contributed by atoms with van der Waals surface area (Å²) in [5.74, 6) is -5.86. The number of rotatable bonds is 2. The summed E-state index contributed by atoms with van der Waals surface area (Å²) in [5, 5.41) is 0. The average molecular weight is 322 g/mol. The summed E-state index contributed by atoms with van der Waals surface area (Å²) in [6, 6.07) is -0.296. The molecule has 2 N–H and O–H groups in total. The predicted octanol–water partition coefficient (Wildman–Crippen LogP) is 3.79. The van der Waals surface area contributed by atoms with E-state index >= 15 is 0 Å². The largest absolute Gasteiger partial charge is 0.455 e. The SMILES string of the molecule is N[C@@H](c1ccc(F)cc1Br)C(F)(F)C(F)(F)F. The van der Waals surface area contributed by atoms with Gasteiger partial charge < -0.3 is 5.73 Å². The van der Waals surface area contributed by atoms with Crippen molar-refractivity contribution in [1.29, 1.82) is 0 Å². The fraction of sp³-hybridized carbons (Fsp3) is 0.333. The normalized spacial score (nSPS) is 14.8. The summed E-state index contributed by atoms with van der Waals surface area (Å²) in [6.07, 6.45) is -5.76. The molecule has 0 radical (unpaired) electrons. The molecule has 1 atom stereocenters. The maximum Gasteiger partial charge on any atom is 0.455 e. The van der Waals surface area contributed by atoms with Crippen LogP contribution in [0.1, 0.15) is 11.6 Å². The maximum atomic E-state index is 12.9. The van der Waals surface area contributed by atoms with Crippen LogP contribution in [0.25, 0.3) is 0 Å². The summed E-state index contributed by atoms with van der Waals surface area (Å²) in [7, 11) is 0. The molecule has 0 amide bonds. The Labute approximate surface area is 101 Å². The number of alkyl halides is 5. The molecule has 0 spiro atoms. The summed E-state index contributed by atoms with van der Waals surface area (Å²) in [4.78, 5) is 0. The summed E-state index contributed by atoms with van der Waals surface area (Å²) in [6.45, 7) is 0. The van der Waals surface area contributed by atoms with E-state index in [0.29, 0.717) is 0 Å². The zero-order chi connectivity index (χ0) is 13.4. The lowest BCUT2D eigenvalue weighted by Crippen LogP contribution is -2.46. The highest BCUT2D eigenvalue weighted by atomic mass is 79.9. The van der Waals surface area contributed by atoms with Crippen molar-refractivity contribution in [2.45, 2.75) is 18.1 Å². The van der Waals surface area contributed by atoms with Gasteiger partial charge in [-0.1, -0.05) is 22.0 Å². The van der Waals surface area contributed by atoms with E-state index in [1.54, 1.807) is 0 Å². The summed E-state index contributed by atoms with van der Waals surface area (Å²) < 4.78 is 74.5. The average Bonchev–Trinajstić information content (AvgIpc) is 2.14. The van der Waals surface area contributed by atoms with Gasteiger partial charge in [0.15, 0.2) is 0 Å². The Morgan fingerprint density at radius 3 is 2.06 bits per heavy atom. The highest BCUT2D eigenvalue weighted by Crippen LogP contribution is 2.44. The fourth-order valence-electron chi connectivity index (χ4n) is 1.13. The van der Waals surface area contributed by atoms with Gasteiger partial charge in [0.05, 0.1) is 0 Å². The minimum Gasteiger partial charge on any atom is -0.319 e. The Hall–Kier alpha value is -0.760. The molecule has 0 aliphatic rings. The quantitative estimate of drug-likeness (QED) is 0.824. The molecule has 17 heavy (non-hydrogen) atoms. The van der Waals surface area contributed by atoms with E-state index in [0.717, 1.165) is 18.2 Å². The maximum absolute atomic E-state index is 12.9. The number of hydrogen-bond acceptors (Lipinski definition) is 1. The molecule has 0 aliphatic heterocycles. The number of hydrogen-bond donors (Lipinski definition) is 1. The first-order valence-corrected chi connectivity index (χ1v) is 5.01. The molecule has 0 bridgehead atoms.